The highest BCUT2D eigenvalue weighted by molar-refractivity contribution is 5.90. The minimum atomic E-state index is -0.351. The van der Waals surface area contributed by atoms with Gasteiger partial charge in [0.25, 0.3) is 5.91 Å². The van der Waals surface area contributed by atoms with Gasteiger partial charge in [-0.05, 0) is 24.8 Å². The molecule has 4 heterocycles. The van der Waals surface area contributed by atoms with Crippen molar-refractivity contribution >= 4 is 5.91 Å². The topological polar surface area (TPSA) is 98.2 Å². The summed E-state index contributed by atoms with van der Waals surface area (Å²) in [6.07, 6.45) is 4.23. The molecule has 1 amide bonds. The standard InChI is InChI=1S/C15H20N6O3/c1-20-14(23-2)17-12(19-20)13(22)21-6-4-15(5-7-21)11-10(3-8-24-15)9-16-18-11/h9H,3-8H2,1-2H3,(H,16,18). The van der Waals surface area contributed by atoms with Crippen molar-refractivity contribution in [2.24, 2.45) is 7.05 Å². The molecule has 24 heavy (non-hydrogen) atoms. The van der Waals surface area contributed by atoms with Crippen molar-refractivity contribution in [1.82, 2.24) is 29.9 Å². The number of amides is 1. The first-order valence-electron chi connectivity index (χ1n) is 8.04. The van der Waals surface area contributed by atoms with E-state index < -0.39 is 0 Å². The molecular weight excluding hydrogens is 312 g/mol. The number of likely N-dealkylation sites (tertiary alicyclic amines) is 1. The van der Waals surface area contributed by atoms with Gasteiger partial charge in [0.05, 0.1) is 25.6 Å². The molecule has 0 aromatic carbocycles. The highest BCUT2D eigenvalue weighted by atomic mass is 16.5. The molecule has 1 fully saturated rings. The number of piperidine rings is 1. The van der Waals surface area contributed by atoms with Crippen LogP contribution in [0.25, 0.3) is 0 Å². The van der Waals surface area contributed by atoms with Gasteiger partial charge in [0.2, 0.25) is 5.82 Å². The molecule has 1 N–H and O–H groups in total. The zero-order valence-corrected chi connectivity index (χ0v) is 13.8. The third kappa shape index (κ3) is 2.27. The Kier molecular flexibility index (Phi) is 3.52. The van der Waals surface area contributed by atoms with Crippen molar-refractivity contribution in [2.75, 3.05) is 26.8 Å². The minimum absolute atomic E-state index is 0.164. The Balaban J connectivity index is 1.50. The fourth-order valence-electron chi connectivity index (χ4n) is 3.57. The number of fused-ring (bicyclic) bond motifs is 2. The SMILES string of the molecule is COc1nc(C(=O)N2CCC3(CC2)OCCc2cn[nH]c23)nn1C. The maximum Gasteiger partial charge on any atom is 0.314 e. The first kappa shape index (κ1) is 15.1. The van der Waals surface area contributed by atoms with Gasteiger partial charge in [-0.1, -0.05) is 0 Å². The van der Waals surface area contributed by atoms with Crippen LogP contribution in [0.5, 0.6) is 6.01 Å². The number of aryl methyl sites for hydroxylation is 1. The van der Waals surface area contributed by atoms with Gasteiger partial charge in [-0.2, -0.15) is 10.1 Å². The second-order valence-electron chi connectivity index (χ2n) is 6.20. The Morgan fingerprint density at radius 1 is 1.42 bits per heavy atom. The summed E-state index contributed by atoms with van der Waals surface area (Å²) in [4.78, 5) is 18.5. The lowest BCUT2D eigenvalue weighted by Crippen LogP contribution is -2.48. The van der Waals surface area contributed by atoms with E-state index in [1.807, 2.05) is 6.20 Å². The maximum atomic E-state index is 12.6. The third-order valence-electron chi connectivity index (χ3n) is 4.88. The van der Waals surface area contributed by atoms with Gasteiger partial charge in [-0.3, -0.25) is 9.89 Å². The first-order valence-corrected chi connectivity index (χ1v) is 8.04. The van der Waals surface area contributed by atoms with E-state index in [4.69, 9.17) is 9.47 Å². The fourth-order valence-corrected chi connectivity index (χ4v) is 3.57. The zero-order chi connectivity index (χ0) is 16.7. The average molecular weight is 332 g/mol. The summed E-state index contributed by atoms with van der Waals surface area (Å²) in [5.41, 5.74) is 1.94. The van der Waals surface area contributed by atoms with Crippen molar-refractivity contribution < 1.29 is 14.3 Å². The maximum absolute atomic E-state index is 12.6. The Labute approximate surface area is 138 Å². The van der Waals surface area contributed by atoms with Crippen LogP contribution in [0, 0.1) is 0 Å². The summed E-state index contributed by atoms with van der Waals surface area (Å²) in [6, 6.07) is 0.324. The van der Waals surface area contributed by atoms with E-state index in [1.54, 1.807) is 11.9 Å². The summed E-state index contributed by atoms with van der Waals surface area (Å²) < 4.78 is 12.6. The van der Waals surface area contributed by atoms with E-state index in [2.05, 4.69) is 20.3 Å². The third-order valence-corrected chi connectivity index (χ3v) is 4.88. The Morgan fingerprint density at radius 2 is 2.21 bits per heavy atom. The molecule has 2 aliphatic rings. The summed E-state index contributed by atoms with van der Waals surface area (Å²) in [6.45, 7) is 1.88. The molecule has 0 atom stereocenters. The monoisotopic (exact) mass is 332 g/mol. The molecule has 9 nitrogen and oxygen atoms in total. The second-order valence-corrected chi connectivity index (χ2v) is 6.20. The highest BCUT2D eigenvalue weighted by Crippen LogP contribution is 2.40. The molecule has 0 aliphatic carbocycles. The van der Waals surface area contributed by atoms with Crippen molar-refractivity contribution in [3.05, 3.63) is 23.3 Å². The molecule has 1 spiro atoms. The predicted molar refractivity (Wildman–Crippen MR) is 82.6 cm³/mol. The lowest BCUT2D eigenvalue weighted by atomic mass is 9.84. The van der Waals surface area contributed by atoms with Crippen LogP contribution in [0.1, 0.15) is 34.7 Å². The lowest BCUT2D eigenvalue weighted by molar-refractivity contribution is -0.0963. The van der Waals surface area contributed by atoms with E-state index in [-0.39, 0.29) is 17.3 Å². The summed E-state index contributed by atoms with van der Waals surface area (Å²) >= 11 is 0. The van der Waals surface area contributed by atoms with E-state index in [0.717, 1.165) is 25.0 Å². The van der Waals surface area contributed by atoms with Crippen LogP contribution in [-0.2, 0) is 23.8 Å². The van der Waals surface area contributed by atoms with Gasteiger partial charge in [-0.15, -0.1) is 5.10 Å². The van der Waals surface area contributed by atoms with Gasteiger partial charge >= 0.3 is 6.01 Å². The average Bonchev–Trinajstić information content (AvgIpc) is 3.22. The number of rotatable bonds is 2. The number of H-pyrrole nitrogens is 1. The molecule has 2 aromatic heterocycles. The molecule has 1 saturated heterocycles. The fraction of sp³-hybridized carbons (Fsp3) is 0.600. The summed E-state index contributed by atoms with van der Waals surface area (Å²) in [7, 11) is 3.20. The summed E-state index contributed by atoms with van der Waals surface area (Å²) in [5, 5.41) is 11.4. The number of carbonyl (C=O) groups excluding carboxylic acids is 1. The van der Waals surface area contributed by atoms with E-state index in [0.29, 0.717) is 25.7 Å². The largest absolute Gasteiger partial charge is 0.467 e. The predicted octanol–water partition coefficient (Wildman–Crippen LogP) is 0.251. The van der Waals surface area contributed by atoms with Crippen LogP contribution >= 0.6 is 0 Å². The molecular formula is C15H20N6O3. The van der Waals surface area contributed by atoms with Crippen LogP contribution < -0.4 is 4.74 Å². The van der Waals surface area contributed by atoms with E-state index >= 15 is 0 Å². The first-order chi connectivity index (χ1) is 11.6. The van der Waals surface area contributed by atoms with Gasteiger partial charge in [-0.25, -0.2) is 4.68 Å². The molecule has 4 rings (SSSR count). The Morgan fingerprint density at radius 3 is 2.92 bits per heavy atom. The molecule has 2 aromatic rings. The van der Waals surface area contributed by atoms with E-state index in [1.165, 1.54) is 17.4 Å². The Hall–Kier alpha value is -2.42. The molecule has 0 bridgehead atoms. The number of carbonyl (C=O) groups is 1. The van der Waals surface area contributed by atoms with Crippen LogP contribution in [0.2, 0.25) is 0 Å². The van der Waals surface area contributed by atoms with Gasteiger partial charge < -0.3 is 14.4 Å². The molecule has 2 aliphatic heterocycles. The Bertz CT molecular complexity index is 759. The molecule has 128 valence electrons. The number of nitrogens with zero attached hydrogens (tertiary/aromatic N) is 5. The normalized spacial score (nSPS) is 19.3. The van der Waals surface area contributed by atoms with Crippen LogP contribution in [0.3, 0.4) is 0 Å². The van der Waals surface area contributed by atoms with Crippen LogP contribution in [-0.4, -0.2) is 62.6 Å². The number of aromatic amines is 1. The molecule has 0 saturated carbocycles. The van der Waals surface area contributed by atoms with Crippen molar-refractivity contribution in [3.63, 3.8) is 0 Å². The number of methoxy groups -OCH3 is 1. The number of hydrogen-bond donors (Lipinski definition) is 1. The quantitative estimate of drug-likeness (QED) is 0.846. The highest BCUT2D eigenvalue weighted by Gasteiger charge is 2.43. The molecule has 0 radical (unpaired) electrons. The van der Waals surface area contributed by atoms with Crippen molar-refractivity contribution in [3.8, 4) is 6.01 Å². The number of hydrogen-bond acceptors (Lipinski definition) is 6. The van der Waals surface area contributed by atoms with Crippen LogP contribution in [0.15, 0.2) is 6.20 Å². The zero-order valence-electron chi connectivity index (χ0n) is 13.8. The minimum Gasteiger partial charge on any atom is -0.467 e. The van der Waals surface area contributed by atoms with E-state index in [9.17, 15) is 4.79 Å². The van der Waals surface area contributed by atoms with Crippen molar-refractivity contribution in [1.29, 1.82) is 0 Å². The number of aromatic nitrogens is 5. The van der Waals surface area contributed by atoms with Gasteiger partial charge in [0.1, 0.15) is 5.60 Å². The van der Waals surface area contributed by atoms with Gasteiger partial charge in [0.15, 0.2) is 0 Å². The number of ether oxygens (including phenoxy) is 2. The second kappa shape index (κ2) is 5.59. The number of nitrogens with one attached hydrogen (secondary N) is 1. The molecule has 0 unspecified atom stereocenters. The lowest BCUT2D eigenvalue weighted by Gasteiger charge is -2.43. The van der Waals surface area contributed by atoms with Gasteiger partial charge in [0, 0.05) is 20.1 Å². The molecule has 9 heteroatoms. The summed E-state index contributed by atoms with van der Waals surface area (Å²) in [5.74, 6) is -0.0125. The van der Waals surface area contributed by atoms with Crippen LogP contribution in [0.4, 0.5) is 0 Å². The van der Waals surface area contributed by atoms with Crippen molar-refractivity contribution in [2.45, 2.75) is 24.9 Å². The smallest absolute Gasteiger partial charge is 0.314 e.